The van der Waals surface area contributed by atoms with E-state index >= 15 is 0 Å². The van der Waals surface area contributed by atoms with Gasteiger partial charge in [0.05, 0.1) is 18.0 Å². The first-order valence-corrected chi connectivity index (χ1v) is 4.40. The van der Waals surface area contributed by atoms with E-state index in [4.69, 9.17) is 5.11 Å². The van der Waals surface area contributed by atoms with Crippen LogP contribution in [0.5, 0.6) is 0 Å². The van der Waals surface area contributed by atoms with Crippen molar-refractivity contribution in [3.8, 4) is 0 Å². The monoisotopic (exact) mass is 181 g/mol. The molecule has 0 fully saturated rings. The third-order valence-electron chi connectivity index (χ3n) is 2.21. The third kappa shape index (κ3) is 2.26. The minimum absolute atomic E-state index is 0.0896. The molecule has 0 aromatic carbocycles. The van der Waals surface area contributed by atoms with Gasteiger partial charge in [-0.25, -0.2) is 0 Å². The lowest BCUT2D eigenvalue weighted by atomic mass is 9.98. The molecule has 13 heavy (non-hydrogen) atoms. The summed E-state index contributed by atoms with van der Waals surface area (Å²) in [5, 5.41) is 18.7. The normalized spacial score (nSPS) is 15.4. The summed E-state index contributed by atoms with van der Waals surface area (Å²) in [4.78, 5) is 4.13. The molecule has 0 bridgehead atoms. The van der Waals surface area contributed by atoms with Gasteiger partial charge in [-0.05, 0) is 25.5 Å². The first-order valence-electron chi connectivity index (χ1n) is 4.40. The van der Waals surface area contributed by atoms with Crippen LogP contribution >= 0.6 is 0 Å². The predicted molar refractivity (Wildman–Crippen MR) is 50.0 cm³/mol. The van der Waals surface area contributed by atoms with Crippen molar-refractivity contribution in [1.82, 2.24) is 4.98 Å². The number of hydrogen-bond acceptors (Lipinski definition) is 3. The van der Waals surface area contributed by atoms with Gasteiger partial charge in [-0.15, -0.1) is 0 Å². The quantitative estimate of drug-likeness (QED) is 0.736. The van der Waals surface area contributed by atoms with Gasteiger partial charge in [0.15, 0.2) is 0 Å². The van der Waals surface area contributed by atoms with Crippen LogP contribution in [0.15, 0.2) is 18.2 Å². The fraction of sp³-hybridized carbons (Fsp3) is 0.500. The minimum Gasteiger partial charge on any atom is -0.390 e. The molecule has 0 aliphatic rings. The molecule has 0 aliphatic heterocycles. The SMILES string of the molecule is CCC(C)(O)c1cccc(CO)n1. The smallest absolute Gasteiger partial charge is 0.103 e. The fourth-order valence-electron chi connectivity index (χ4n) is 1.05. The molecule has 3 heteroatoms. The number of nitrogens with zero attached hydrogens (tertiary/aromatic N) is 1. The second-order valence-corrected chi connectivity index (χ2v) is 3.30. The molecule has 2 N–H and O–H groups in total. The average molecular weight is 181 g/mol. The molecule has 0 saturated heterocycles. The van der Waals surface area contributed by atoms with E-state index in [9.17, 15) is 5.11 Å². The van der Waals surface area contributed by atoms with E-state index in [1.807, 2.05) is 6.92 Å². The predicted octanol–water partition coefficient (Wildman–Crippen LogP) is 1.19. The Labute approximate surface area is 78.1 Å². The zero-order valence-electron chi connectivity index (χ0n) is 7.99. The Bertz CT molecular complexity index is 284. The standard InChI is InChI=1S/C10H15NO2/c1-3-10(2,13)9-6-4-5-8(7-12)11-9/h4-6,12-13H,3,7H2,1-2H3. The van der Waals surface area contributed by atoms with E-state index in [-0.39, 0.29) is 6.61 Å². The van der Waals surface area contributed by atoms with Crippen molar-refractivity contribution >= 4 is 0 Å². The summed E-state index contributed by atoms with van der Waals surface area (Å²) in [6, 6.07) is 5.29. The molecule has 72 valence electrons. The zero-order valence-corrected chi connectivity index (χ0v) is 7.99. The highest BCUT2D eigenvalue weighted by molar-refractivity contribution is 5.15. The Balaban J connectivity index is 3.01. The Morgan fingerprint density at radius 1 is 1.46 bits per heavy atom. The Kier molecular flexibility index (Phi) is 3.01. The molecule has 0 spiro atoms. The molecule has 0 radical (unpaired) electrons. The highest BCUT2D eigenvalue weighted by Crippen LogP contribution is 2.21. The third-order valence-corrected chi connectivity index (χ3v) is 2.21. The van der Waals surface area contributed by atoms with Crippen LogP contribution in [-0.4, -0.2) is 15.2 Å². The summed E-state index contributed by atoms with van der Waals surface area (Å²) in [5.74, 6) is 0. The number of rotatable bonds is 3. The Morgan fingerprint density at radius 2 is 2.15 bits per heavy atom. The van der Waals surface area contributed by atoms with Gasteiger partial charge in [0.2, 0.25) is 0 Å². The van der Waals surface area contributed by atoms with Crippen LogP contribution in [0.2, 0.25) is 0 Å². The van der Waals surface area contributed by atoms with Crippen molar-refractivity contribution in [2.24, 2.45) is 0 Å². The van der Waals surface area contributed by atoms with Gasteiger partial charge >= 0.3 is 0 Å². The van der Waals surface area contributed by atoms with E-state index in [1.165, 1.54) is 0 Å². The van der Waals surface area contributed by atoms with Crippen LogP contribution in [0.3, 0.4) is 0 Å². The maximum Gasteiger partial charge on any atom is 0.103 e. The number of pyridine rings is 1. The van der Waals surface area contributed by atoms with Crippen LogP contribution < -0.4 is 0 Å². The topological polar surface area (TPSA) is 53.4 Å². The molecule has 1 heterocycles. The molecule has 0 amide bonds. The summed E-state index contributed by atoms with van der Waals surface area (Å²) in [7, 11) is 0. The summed E-state index contributed by atoms with van der Waals surface area (Å²) in [6.07, 6.45) is 0.606. The van der Waals surface area contributed by atoms with Crippen LogP contribution in [0.4, 0.5) is 0 Å². The molecule has 1 aromatic heterocycles. The summed E-state index contributed by atoms with van der Waals surface area (Å²) in [5.41, 5.74) is 0.304. The fourth-order valence-corrected chi connectivity index (χ4v) is 1.05. The van der Waals surface area contributed by atoms with E-state index in [1.54, 1.807) is 25.1 Å². The molecule has 0 aliphatic carbocycles. The maximum atomic E-state index is 9.87. The van der Waals surface area contributed by atoms with Crippen molar-refractivity contribution in [2.75, 3.05) is 0 Å². The second kappa shape index (κ2) is 3.85. The number of aromatic nitrogens is 1. The van der Waals surface area contributed by atoms with Crippen molar-refractivity contribution in [3.05, 3.63) is 29.6 Å². The van der Waals surface area contributed by atoms with Gasteiger partial charge in [-0.1, -0.05) is 13.0 Å². The molecule has 0 saturated carbocycles. The molecule has 3 nitrogen and oxygen atoms in total. The molecule has 1 unspecified atom stereocenters. The summed E-state index contributed by atoms with van der Waals surface area (Å²) < 4.78 is 0. The van der Waals surface area contributed by atoms with Gasteiger partial charge in [-0.3, -0.25) is 4.98 Å². The maximum absolute atomic E-state index is 9.87. The van der Waals surface area contributed by atoms with E-state index in [0.29, 0.717) is 17.8 Å². The van der Waals surface area contributed by atoms with Gasteiger partial charge in [0.1, 0.15) is 5.60 Å². The lowest BCUT2D eigenvalue weighted by molar-refractivity contribution is 0.0481. The largest absolute Gasteiger partial charge is 0.390 e. The van der Waals surface area contributed by atoms with Gasteiger partial charge in [0, 0.05) is 0 Å². The molecule has 1 atom stereocenters. The van der Waals surface area contributed by atoms with Gasteiger partial charge in [-0.2, -0.15) is 0 Å². The molecule has 1 aromatic rings. The number of aliphatic hydroxyl groups is 2. The molecular weight excluding hydrogens is 166 g/mol. The zero-order chi connectivity index (χ0) is 9.90. The highest BCUT2D eigenvalue weighted by atomic mass is 16.3. The highest BCUT2D eigenvalue weighted by Gasteiger charge is 2.21. The Morgan fingerprint density at radius 3 is 2.69 bits per heavy atom. The van der Waals surface area contributed by atoms with Gasteiger partial charge in [0.25, 0.3) is 0 Å². The van der Waals surface area contributed by atoms with Crippen LogP contribution in [0.25, 0.3) is 0 Å². The average Bonchev–Trinajstić information content (AvgIpc) is 2.18. The van der Waals surface area contributed by atoms with Crippen LogP contribution in [0, 0.1) is 0 Å². The molecular formula is C10H15NO2. The summed E-state index contributed by atoms with van der Waals surface area (Å²) in [6.45, 7) is 3.53. The Hall–Kier alpha value is -0.930. The van der Waals surface area contributed by atoms with E-state index in [0.717, 1.165) is 0 Å². The number of aliphatic hydroxyl groups excluding tert-OH is 1. The van der Waals surface area contributed by atoms with Gasteiger partial charge < -0.3 is 10.2 Å². The minimum atomic E-state index is -0.898. The lowest BCUT2D eigenvalue weighted by Crippen LogP contribution is -2.21. The van der Waals surface area contributed by atoms with Crippen molar-refractivity contribution < 1.29 is 10.2 Å². The van der Waals surface area contributed by atoms with Crippen molar-refractivity contribution in [2.45, 2.75) is 32.5 Å². The van der Waals surface area contributed by atoms with E-state index in [2.05, 4.69) is 4.98 Å². The van der Waals surface area contributed by atoms with Crippen LogP contribution in [0.1, 0.15) is 31.7 Å². The first-order chi connectivity index (χ1) is 6.10. The van der Waals surface area contributed by atoms with Crippen molar-refractivity contribution in [3.63, 3.8) is 0 Å². The van der Waals surface area contributed by atoms with Crippen LogP contribution in [-0.2, 0) is 12.2 Å². The number of hydrogen-bond donors (Lipinski definition) is 2. The molecule has 1 rings (SSSR count). The van der Waals surface area contributed by atoms with Crippen molar-refractivity contribution in [1.29, 1.82) is 0 Å². The summed E-state index contributed by atoms with van der Waals surface area (Å²) >= 11 is 0. The van der Waals surface area contributed by atoms with E-state index < -0.39 is 5.60 Å². The lowest BCUT2D eigenvalue weighted by Gasteiger charge is -2.20. The first kappa shape index (κ1) is 10.2. The second-order valence-electron chi connectivity index (χ2n) is 3.30.